The fourth-order valence-corrected chi connectivity index (χ4v) is 6.41. The van der Waals surface area contributed by atoms with Crippen molar-refractivity contribution in [1.29, 1.82) is 0 Å². The first-order valence-corrected chi connectivity index (χ1v) is 20.4. The van der Waals surface area contributed by atoms with Crippen LogP contribution in [0, 0.1) is 102 Å². The first-order valence-electron chi connectivity index (χ1n) is 20.4. The molecule has 0 atom stereocenters. The smallest absolute Gasteiger partial charge is 0.166 e. The number of hydrogen-bond acceptors (Lipinski definition) is 0. The molecule has 0 aliphatic carbocycles. The van der Waals surface area contributed by atoms with Crippen molar-refractivity contribution in [3.05, 3.63) is 237 Å². The molecule has 0 aromatic heterocycles. The van der Waals surface area contributed by atoms with Crippen LogP contribution in [-0.4, -0.2) is 0 Å². The second-order valence-electron chi connectivity index (χ2n) is 15.7. The zero-order valence-electron chi connectivity index (χ0n) is 36.9. The Morgan fingerprint density at radius 3 is 0.500 bits per heavy atom. The van der Waals surface area contributed by atoms with Crippen LogP contribution in [0.1, 0.15) is 44.5 Å². The van der Waals surface area contributed by atoms with Gasteiger partial charge >= 0.3 is 0 Å². The number of hydrogen-bond donors (Lipinski definition) is 0. The molecular weight excluding hydrogens is 825 g/mol. The SMILES string of the molecule is Cc1ccc(-c2ccc(C)c(F)c2F)cc1.Cc1ccc(-c2ccc(C)c(F)c2F)cc1.Cc1ccc(-c2ccc(C)c(F)c2F)cc1.Cc1ccc(-c2ccc(C)c(F)c2F)cc1. The Kier molecular flexibility index (Phi) is 16.2. The van der Waals surface area contributed by atoms with Crippen LogP contribution in [0.15, 0.2) is 146 Å². The van der Waals surface area contributed by atoms with E-state index in [0.717, 1.165) is 22.3 Å². The summed E-state index contributed by atoms with van der Waals surface area (Å²) in [6, 6.07) is 42.2. The van der Waals surface area contributed by atoms with Crippen LogP contribution < -0.4 is 0 Å². The van der Waals surface area contributed by atoms with Gasteiger partial charge in [0, 0.05) is 22.3 Å². The summed E-state index contributed by atoms with van der Waals surface area (Å²) >= 11 is 0. The monoisotopic (exact) mass is 872 g/mol. The summed E-state index contributed by atoms with van der Waals surface area (Å²) in [5, 5.41) is 0. The van der Waals surface area contributed by atoms with Crippen LogP contribution in [0.4, 0.5) is 35.1 Å². The fourth-order valence-electron chi connectivity index (χ4n) is 6.41. The van der Waals surface area contributed by atoms with Crippen molar-refractivity contribution in [3.63, 3.8) is 0 Å². The van der Waals surface area contributed by atoms with Crippen molar-refractivity contribution >= 4 is 0 Å². The molecule has 8 aromatic rings. The van der Waals surface area contributed by atoms with E-state index in [1.165, 1.54) is 0 Å². The van der Waals surface area contributed by atoms with Gasteiger partial charge < -0.3 is 0 Å². The van der Waals surface area contributed by atoms with Crippen LogP contribution in [0.25, 0.3) is 44.5 Å². The molecule has 0 fully saturated rings. The van der Waals surface area contributed by atoms with E-state index < -0.39 is 46.5 Å². The van der Waals surface area contributed by atoms with E-state index in [0.29, 0.717) is 66.8 Å². The molecule has 0 saturated carbocycles. The zero-order valence-corrected chi connectivity index (χ0v) is 36.9. The van der Waals surface area contributed by atoms with Crippen molar-refractivity contribution < 1.29 is 35.1 Å². The minimum Gasteiger partial charge on any atom is -0.203 e. The number of halogens is 8. The summed E-state index contributed by atoms with van der Waals surface area (Å²) in [5.41, 5.74) is 9.70. The van der Waals surface area contributed by atoms with Gasteiger partial charge in [0.15, 0.2) is 46.5 Å². The standard InChI is InChI=1S/4C14H12F2/c4*1-9-3-6-11(7-4-9)12-8-5-10(2)13(15)14(12)16/h4*3-8H,1-2H3. The molecule has 0 nitrogen and oxygen atoms in total. The highest BCUT2D eigenvalue weighted by atomic mass is 19.2. The van der Waals surface area contributed by atoms with Gasteiger partial charge in [0.1, 0.15) is 0 Å². The van der Waals surface area contributed by atoms with Gasteiger partial charge in [-0.25, -0.2) is 35.1 Å². The van der Waals surface area contributed by atoms with Crippen molar-refractivity contribution in [2.45, 2.75) is 55.4 Å². The third kappa shape index (κ3) is 11.8. The van der Waals surface area contributed by atoms with Gasteiger partial charge in [0.2, 0.25) is 0 Å². The van der Waals surface area contributed by atoms with E-state index >= 15 is 0 Å². The van der Waals surface area contributed by atoms with E-state index in [1.807, 2.05) is 76.2 Å². The molecule has 0 unspecified atom stereocenters. The zero-order chi connectivity index (χ0) is 46.8. The lowest BCUT2D eigenvalue weighted by Crippen LogP contribution is -1.92. The first kappa shape index (κ1) is 48.2. The Hall–Kier alpha value is -6.80. The molecule has 8 aromatic carbocycles. The lowest BCUT2D eigenvalue weighted by Gasteiger charge is -2.06. The molecule has 0 heterocycles. The third-order valence-corrected chi connectivity index (χ3v) is 10.6. The predicted molar refractivity (Wildman–Crippen MR) is 245 cm³/mol. The Labute approximate surface area is 370 Å². The van der Waals surface area contributed by atoms with E-state index in [-0.39, 0.29) is 0 Å². The van der Waals surface area contributed by atoms with Gasteiger partial charge in [-0.2, -0.15) is 0 Å². The van der Waals surface area contributed by atoms with Crippen LogP contribution in [-0.2, 0) is 0 Å². The lowest BCUT2D eigenvalue weighted by molar-refractivity contribution is 0.505. The highest BCUT2D eigenvalue weighted by Crippen LogP contribution is 2.30. The Morgan fingerprint density at radius 2 is 0.344 bits per heavy atom. The molecule has 0 aliphatic heterocycles. The molecule has 328 valence electrons. The molecule has 0 bridgehead atoms. The third-order valence-electron chi connectivity index (χ3n) is 10.6. The van der Waals surface area contributed by atoms with Gasteiger partial charge in [0.05, 0.1) is 0 Å². The summed E-state index contributed by atoms with van der Waals surface area (Å²) in [6.45, 7) is 14.0. The Morgan fingerprint density at radius 1 is 0.188 bits per heavy atom. The predicted octanol–water partition coefficient (Wildman–Crippen LogP) is 17.0. The Balaban J connectivity index is 0.000000161. The molecule has 0 radical (unpaired) electrons. The summed E-state index contributed by atoms with van der Waals surface area (Å²) in [6.07, 6.45) is 0. The van der Waals surface area contributed by atoms with Gasteiger partial charge in [-0.05, 0) is 99.9 Å². The number of benzene rings is 8. The van der Waals surface area contributed by atoms with Crippen molar-refractivity contribution in [2.75, 3.05) is 0 Å². The van der Waals surface area contributed by atoms with Crippen molar-refractivity contribution in [2.24, 2.45) is 0 Å². The van der Waals surface area contributed by atoms with Crippen LogP contribution >= 0.6 is 0 Å². The summed E-state index contributed by atoms with van der Waals surface area (Å²) in [7, 11) is 0. The molecule has 0 amide bonds. The molecular formula is C56H48F8. The highest BCUT2D eigenvalue weighted by Gasteiger charge is 2.15. The Bertz CT molecular complexity index is 2450. The maximum absolute atomic E-state index is 13.7. The van der Waals surface area contributed by atoms with Gasteiger partial charge in [-0.3, -0.25) is 0 Å². The summed E-state index contributed by atoms with van der Waals surface area (Å²) < 4.78 is 108. The molecule has 8 heteroatoms. The van der Waals surface area contributed by atoms with E-state index in [2.05, 4.69) is 0 Å². The van der Waals surface area contributed by atoms with E-state index in [9.17, 15) is 35.1 Å². The largest absolute Gasteiger partial charge is 0.203 e. The topological polar surface area (TPSA) is 0 Å². The number of rotatable bonds is 4. The van der Waals surface area contributed by atoms with Crippen molar-refractivity contribution in [3.8, 4) is 44.5 Å². The number of aryl methyl sites for hydroxylation is 8. The molecule has 0 saturated heterocycles. The van der Waals surface area contributed by atoms with Gasteiger partial charge in [0.25, 0.3) is 0 Å². The highest BCUT2D eigenvalue weighted by molar-refractivity contribution is 5.67. The first-order chi connectivity index (χ1) is 30.4. The molecule has 0 aliphatic rings. The lowest BCUT2D eigenvalue weighted by atomic mass is 10.0. The van der Waals surface area contributed by atoms with Crippen LogP contribution in [0.3, 0.4) is 0 Å². The van der Waals surface area contributed by atoms with Crippen LogP contribution in [0.5, 0.6) is 0 Å². The quantitative estimate of drug-likeness (QED) is 0.155. The minimum atomic E-state index is -0.774. The van der Waals surface area contributed by atoms with E-state index in [1.54, 1.807) is 125 Å². The average Bonchev–Trinajstić information content (AvgIpc) is 3.28. The maximum Gasteiger partial charge on any atom is 0.166 e. The second kappa shape index (κ2) is 21.5. The van der Waals surface area contributed by atoms with Crippen molar-refractivity contribution in [1.82, 2.24) is 0 Å². The average molecular weight is 873 g/mol. The van der Waals surface area contributed by atoms with Crippen LogP contribution in [0.2, 0.25) is 0 Å². The summed E-state index contributed by atoms with van der Waals surface area (Å²) in [4.78, 5) is 0. The van der Waals surface area contributed by atoms with E-state index in [4.69, 9.17) is 0 Å². The van der Waals surface area contributed by atoms with Gasteiger partial charge in [-0.1, -0.05) is 168 Å². The van der Waals surface area contributed by atoms with Gasteiger partial charge in [-0.15, -0.1) is 0 Å². The second-order valence-corrected chi connectivity index (χ2v) is 15.7. The molecule has 8 rings (SSSR count). The molecule has 0 spiro atoms. The molecule has 64 heavy (non-hydrogen) atoms. The fraction of sp³-hybridized carbons (Fsp3) is 0.143. The minimum absolute atomic E-state index is 0.308. The maximum atomic E-state index is 13.7. The summed E-state index contributed by atoms with van der Waals surface area (Å²) in [5.74, 6) is -6.16. The molecule has 0 N–H and O–H groups in total. The normalized spacial score (nSPS) is 10.5.